The Labute approximate surface area is 100 Å². The van der Waals surface area contributed by atoms with Crippen molar-refractivity contribution in [1.29, 1.82) is 0 Å². The minimum absolute atomic E-state index is 0.368. The summed E-state index contributed by atoms with van der Waals surface area (Å²) in [6.07, 6.45) is 0.639. The van der Waals surface area contributed by atoms with Crippen LogP contribution in [-0.4, -0.2) is 27.9 Å². The van der Waals surface area contributed by atoms with Gasteiger partial charge in [0.05, 0.1) is 0 Å². The minimum Gasteiger partial charge on any atom is -0.355 e. The molecule has 0 saturated heterocycles. The smallest absolute Gasteiger partial charge is 0.337 e. The summed E-state index contributed by atoms with van der Waals surface area (Å²) in [5, 5.41) is 2.51. The molecule has 1 amide bonds. The van der Waals surface area contributed by atoms with Crippen LogP contribution in [0.15, 0.2) is 30.3 Å². The largest absolute Gasteiger partial charge is 0.355 e. The number of carbonyl (C=O) groups is 1. The zero-order chi connectivity index (χ0) is 12.9. The third-order valence-corrected chi connectivity index (χ3v) is 3.68. The van der Waals surface area contributed by atoms with E-state index in [0.717, 1.165) is 5.56 Å². The van der Waals surface area contributed by atoms with Gasteiger partial charge in [0.2, 0.25) is 5.91 Å². The second kappa shape index (κ2) is 5.96. The Kier molecular flexibility index (Phi) is 4.87. The molecule has 5 nitrogen and oxygen atoms in total. The van der Waals surface area contributed by atoms with E-state index in [4.69, 9.17) is 9.79 Å². The molecule has 1 rings (SSSR count). The fourth-order valence-electron chi connectivity index (χ4n) is 1.28. The topological polar surface area (TPSA) is 86.6 Å². The maximum atomic E-state index is 11.4. The highest BCUT2D eigenvalue weighted by molar-refractivity contribution is 7.53. The first kappa shape index (κ1) is 13.9. The number of benzene rings is 1. The first-order chi connectivity index (χ1) is 7.91. The fraction of sp³-hybridized carbons (Fsp3) is 0.364. The van der Waals surface area contributed by atoms with E-state index in [2.05, 4.69) is 5.32 Å². The first-order valence-electron chi connectivity index (χ1n) is 5.28. The van der Waals surface area contributed by atoms with Crippen molar-refractivity contribution >= 4 is 13.5 Å². The van der Waals surface area contributed by atoms with Gasteiger partial charge < -0.3 is 15.1 Å². The molecule has 0 bridgehead atoms. The molecule has 3 N–H and O–H groups in total. The molecule has 1 aromatic rings. The Morgan fingerprint density at radius 1 is 1.35 bits per heavy atom. The highest BCUT2D eigenvalue weighted by atomic mass is 31.2. The van der Waals surface area contributed by atoms with Crippen LogP contribution < -0.4 is 5.32 Å². The van der Waals surface area contributed by atoms with Crippen molar-refractivity contribution < 1.29 is 19.1 Å². The van der Waals surface area contributed by atoms with Crippen molar-refractivity contribution in [2.45, 2.75) is 19.0 Å². The van der Waals surface area contributed by atoms with E-state index >= 15 is 0 Å². The van der Waals surface area contributed by atoms with Crippen LogP contribution >= 0.6 is 7.60 Å². The molecule has 1 atom stereocenters. The van der Waals surface area contributed by atoms with E-state index in [1.807, 2.05) is 30.3 Å². The number of carbonyl (C=O) groups excluding carboxylic acids is 1. The fourth-order valence-corrected chi connectivity index (χ4v) is 1.67. The molecule has 1 aromatic carbocycles. The van der Waals surface area contributed by atoms with Gasteiger partial charge in [0.15, 0.2) is 0 Å². The lowest BCUT2D eigenvalue weighted by molar-refractivity contribution is -0.120. The van der Waals surface area contributed by atoms with Crippen molar-refractivity contribution in [3.8, 4) is 0 Å². The predicted molar refractivity (Wildman–Crippen MR) is 64.7 cm³/mol. The molecule has 1 unspecified atom stereocenters. The van der Waals surface area contributed by atoms with E-state index in [1.54, 1.807) is 0 Å². The Bertz CT molecular complexity index is 415. The second-order valence-corrected chi connectivity index (χ2v) is 5.74. The average molecular weight is 257 g/mol. The first-order valence-corrected chi connectivity index (χ1v) is 6.96. The van der Waals surface area contributed by atoms with Crippen molar-refractivity contribution in [1.82, 2.24) is 5.32 Å². The van der Waals surface area contributed by atoms with E-state index in [0.29, 0.717) is 13.0 Å². The quantitative estimate of drug-likeness (QED) is 0.684. The second-order valence-electron chi connectivity index (χ2n) is 3.79. The third-order valence-electron chi connectivity index (χ3n) is 2.44. The summed E-state index contributed by atoms with van der Waals surface area (Å²) in [6.45, 7) is 1.59. The van der Waals surface area contributed by atoms with Crippen molar-refractivity contribution in [3.05, 3.63) is 35.9 Å². The van der Waals surface area contributed by atoms with Gasteiger partial charge in [-0.25, -0.2) is 0 Å². The summed E-state index contributed by atoms with van der Waals surface area (Å²) >= 11 is 0. The van der Waals surface area contributed by atoms with Gasteiger partial charge in [-0.1, -0.05) is 30.3 Å². The van der Waals surface area contributed by atoms with E-state index in [-0.39, 0.29) is 0 Å². The molecule has 0 aliphatic carbocycles. The van der Waals surface area contributed by atoms with E-state index in [9.17, 15) is 9.36 Å². The lowest BCUT2D eigenvalue weighted by atomic mass is 10.1. The lowest BCUT2D eigenvalue weighted by Crippen LogP contribution is -2.34. The molecule has 0 saturated carbocycles. The molecule has 0 aromatic heterocycles. The highest BCUT2D eigenvalue weighted by Crippen LogP contribution is 2.40. The van der Waals surface area contributed by atoms with Crippen LogP contribution in [0.2, 0.25) is 0 Å². The normalized spacial score (nSPS) is 13.1. The molecule has 0 radical (unpaired) electrons. The summed E-state index contributed by atoms with van der Waals surface area (Å²) in [4.78, 5) is 29.0. The number of amides is 1. The molecule has 0 aliphatic heterocycles. The maximum Gasteiger partial charge on any atom is 0.337 e. The van der Waals surface area contributed by atoms with Crippen LogP contribution in [0.4, 0.5) is 0 Å². The van der Waals surface area contributed by atoms with Crippen molar-refractivity contribution in [3.63, 3.8) is 0 Å². The standard InChI is InChI=1S/C11H16NO4P/c1-9(17(14,15)16)11(13)12-8-7-10-5-3-2-4-6-10/h2-6,9H,7-8H2,1H3,(H,12,13)(H2,14,15,16). The predicted octanol–water partition coefficient (Wildman–Crippen LogP) is 0.911. The summed E-state index contributed by atoms with van der Waals surface area (Å²) in [7, 11) is -4.34. The Balaban J connectivity index is 2.37. The molecule has 6 heteroatoms. The van der Waals surface area contributed by atoms with Crippen LogP contribution in [0.3, 0.4) is 0 Å². The summed E-state index contributed by atoms with van der Waals surface area (Å²) < 4.78 is 10.8. The van der Waals surface area contributed by atoms with Gasteiger partial charge in [0, 0.05) is 6.54 Å². The molecule has 0 spiro atoms. The van der Waals surface area contributed by atoms with Crippen LogP contribution in [0.1, 0.15) is 12.5 Å². The maximum absolute atomic E-state index is 11.4. The number of rotatable bonds is 5. The number of hydrogen-bond acceptors (Lipinski definition) is 2. The number of nitrogens with one attached hydrogen (secondary N) is 1. The van der Waals surface area contributed by atoms with Crippen LogP contribution in [0.5, 0.6) is 0 Å². The average Bonchev–Trinajstić information content (AvgIpc) is 2.28. The van der Waals surface area contributed by atoms with Gasteiger partial charge in [-0.2, -0.15) is 0 Å². The third kappa shape index (κ3) is 4.69. The van der Waals surface area contributed by atoms with Gasteiger partial charge in [-0.05, 0) is 18.9 Å². The Hall–Kier alpha value is -1.16. The van der Waals surface area contributed by atoms with Crippen LogP contribution in [0, 0.1) is 0 Å². The molecule has 0 heterocycles. The van der Waals surface area contributed by atoms with Crippen molar-refractivity contribution in [2.24, 2.45) is 0 Å². The van der Waals surface area contributed by atoms with Gasteiger partial charge in [-0.15, -0.1) is 0 Å². The van der Waals surface area contributed by atoms with Crippen LogP contribution in [-0.2, 0) is 15.8 Å². The Morgan fingerprint density at radius 2 is 1.94 bits per heavy atom. The van der Waals surface area contributed by atoms with Gasteiger partial charge in [0.25, 0.3) is 0 Å². The van der Waals surface area contributed by atoms with E-state index < -0.39 is 19.2 Å². The molecular weight excluding hydrogens is 241 g/mol. The van der Waals surface area contributed by atoms with Crippen LogP contribution in [0.25, 0.3) is 0 Å². The molecule has 0 fully saturated rings. The van der Waals surface area contributed by atoms with Gasteiger partial charge in [0.1, 0.15) is 5.66 Å². The molecular formula is C11H16NO4P. The summed E-state index contributed by atoms with van der Waals surface area (Å²) in [5.74, 6) is -0.616. The van der Waals surface area contributed by atoms with Gasteiger partial charge in [-0.3, -0.25) is 9.36 Å². The summed E-state index contributed by atoms with van der Waals surface area (Å²) in [5.41, 5.74) is -0.227. The van der Waals surface area contributed by atoms with E-state index in [1.165, 1.54) is 6.92 Å². The molecule has 94 valence electrons. The zero-order valence-corrected chi connectivity index (χ0v) is 10.4. The minimum atomic E-state index is -4.34. The lowest BCUT2D eigenvalue weighted by Gasteiger charge is -2.13. The number of hydrogen-bond donors (Lipinski definition) is 3. The molecule has 0 aliphatic rings. The van der Waals surface area contributed by atoms with Crippen molar-refractivity contribution in [2.75, 3.05) is 6.54 Å². The monoisotopic (exact) mass is 257 g/mol. The van der Waals surface area contributed by atoms with Gasteiger partial charge >= 0.3 is 7.60 Å². The zero-order valence-electron chi connectivity index (χ0n) is 9.54. The highest BCUT2D eigenvalue weighted by Gasteiger charge is 2.30. The summed E-state index contributed by atoms with van der Waals surface area (Å²) in [6, 6.07) is 9.56. The SMILES string of the molecule is CC(C(=O)NCCc1ccccc1)P(=O)(O)O. The molecule has 17 heavy (non-hydrogen) atoms. The Morgan fingerprint density at radius 3 is 2.47 bits per heavy atom.